The molecule has 0 bridgehead atoms. The number of hydrogen-bond donors (Lipinski definition) is 0. The summed E-state index contributed by atoms with van der Waals surface area (Å²) in [6, 6.07) is 4.18. The largest absolute Gasteiger partial charge is 0.496 e. The molecule has 0 aliphatic rings. The van der Waals surface area contributed by atoms with Crippen molar-refractivity contribution in [1.82, 2.24) is 4.98 Å². The highest BCUT2D eigenvalue weighted by Crippen LogP contribution is 2.17. The lowest BCUT2D eigenvalue weighted by atomic mass is 10.3. The summed E-state index contributed by atoms with van der Waals surface area (Å²) < 4.78 is 4.75. The Kier molecular flexibility index (Phi) is 2.40. The highest BCUT2D eigenvalue weighted by atomic mass is 16.6. The lowest BCUT2D eigenvalue weighted by molar-refractivity contribution is -0.389. The van der Waals surface area contributed by atoms with Crippen molar-refractivity contribution < 1.29 is 9.66 Å². The van der Waals surface area contributed by atoms with Crippen LogP contribution in [0.15, 0.2) is 12.1 Å². The van der Waals surface area contributed by atoms with Crippen LogP contribution in [0.2, 0.25) is 0 Å². The Bertz CT molecular complexity index is 383. The van der Waals surface area contributed by atoms with Gasteiger partial charge in [0.05, 0.1) is 13.2 Å². The average Bonchev–Trinajstić information content (AvgIpc) is 2.16. The van der Waals surface area contributed by atoms with Crippen LogP contribution in [0.1, 0.15) is 5.69 Å². The second-order valence-electron chi connectivity index (χ2n) is 2.12. The molecule has 0 fully saturated rings. The van der Waals surface area contributed by atoms with E-state index in [4.69, 9.17) is 10.00 Å². The maximum absolute atomic E-state index is 10.3. The summed E-state index contributed by atoms with van der Waals surface area (Å²) in [6.45, 7) is 0. The summed E-state index contributed by atoms with van der Waals surface area (Å²) in [5.74, 6) is -0.144. The van der Waals surface area contributed by atoms with Gasteiger partial charge in [0.25, 0.3) is 5.69 Å². The standard InChI is InChI=1S/C7H5N3O3/c1-13-6-2-5(4-8)9-7(3-6)10(11)12/h2-3H,1H3. The maximum Gasteiger partial charge on any atom is 0.368 e. The van der Waals surface area contributed by atoms with Crippen molar-refractivity contribution in [1.29, 1.82) is 5.26 Å². The quantitative estimate of drug-likeness (QED) is 0.496. The lowest BCUT2D eigenvalue weighted by Crippen LogP contribution is -1.95. The first kappa shape index (κ1) is 8.93. The third-order valence-corrected chi connectivity index (χ3v) is 1.32. The van der Waals surface area contributed by atoms with Gasteiger partial charge in [-0.2, -0.15) is 5.26 Å². The van der Waals surface area contributed by atoms with Crippen molar-refractivity contribution >= 4 is 5.82 Å². The van der Waals surface area contributed by atoms with E-state index in [-0.39, 0.29) is 11.4 Å². The molecule has 0 N–H and O–H groups in total. The average molecular weight is 179 g/mol. The molecule has 0 atom stereocenters. The van der Waals surface area contributed by atoms with E-state index < -0.39 is 10.7 Å². The molecule has 1 heterocycles. The topological polar surface area (TPSA) is 89.0 Å². The minimum atomic E-state index is -0.677. The summed E-state index contributed by atoms with van der Waals surface area (Å²) in [4.78, 5) is 13.1. The van der Waals surface area contributed by atoms with Crippen molar-refractivity contribution in [3.63, 3.8) is 0 Å². The summed E-state index contributed by atoms with van der Waals surface area (Å²) in [7, 11) is 1.36. The van der Waals surface area contributed by atoms with E-state index in [1.807, 2.05) is 0 Å². The highest BCUT2D eigenvalue weighted by molar-refractivity contribution is 5.38. The van der Waals surface area contributed by atoms with E-state index in [1.54, 1.807) is 6.07 Å². The zero-order valence-electron chi connectivity index (χ0n) is 6.72. The molecule has 0 saturated heterocycles. The van der Waals surface area contributed by atoms with Crippen molar-refractivity contribution in [3.05, 3.63) is 27.9 Å². The summed E-state index contributed by atoms with van der Waals surface area (Å²) >= 11 is 0. The van der Waals surface area contributed by atoms with Gasteiger partial charge in [0.2, 0.25) is 0 Å². The van der Waals surface area contributed by atoms with E-state index in [0.29, 0.717) is 0 Å². The van der Waals surface area contributed by atoms with Gasteiger partial charge in [0, 0.05) is 6.07 Å². The van der Waals surface area contributed by atoms with Gasteiger partial charge < -0.3 is 14.9 Å². The highest BCUT2D eigenvalue weighted by Gasteiger charge is 2.12. The smallest absolute Gasteiger partial charge is 0.368 e. The fourth-order valence-corrected chi connectivity index (χ4v) is 0.760. The van der Waals surface area contributed by atoms with E-state index in [1.165, 1.54) is 13.2 Å². The van der Waals surface area contributed by atoms with Gasteiger partial charge in [-0.25, -0.2) is 0 Å². The van der Waals surface area contributed by atoms with Crippen molar-refractivity contribution in [2.24, 2.45) is 0 Å². The molecular formula is C7H5N3O3. The summed E-state index contributed by atoms with van der Waals surface area (Å²) in [5.41, 5.74) is -0.0361. The van der Waals surface area contributed by atoms with Crippen LogP contribution < -0.4 is 4.74 Å². The number of ether oxygens (including phenoxy) is 1. The van der Waals surface area contributed by atoms with Crippen molar-refractivity contribution in [2.75, 3.05) is 7.11 Å². The second-order valence-corrected chi connectivity index (χ2v) is 2.12. The van der Waals surface area contributed by atoms with Gasteiger partial charge in [-0.15, -0.1) is 0 Å². The molecule has 0 radical (unpaired) electrons. The number of pyridine rings is 1. The van der Waals surface area contributed by atoms with Crippen LogP contribution in [-0.4, -0.2) is 17.0 Å². The molecule has 1 rings (SSSR count). The zero-order valence-corrected chi connectivity index (χ0v) is 6.72. The van der Waals surface area contributed by atoms with Crippen LogP contribution in [0.5, 0.6) is 5.75 Å². The van der Waals surface area contributed by atoms with Gasteiger partial charge in [0.15, 0.2) is 0 Å². The van der Waals surface area contributed by atoms with E-state index in [0.717, 1.165) is 6.07 Å². The minimum Gasteiger partial charge on any atom is -0.496 e. The maximum atomic E-state index is 10.3. The number of hydrogen-bond acceptors (Lipinski definition) is 5. The molecule has 0 amide bonds. The molecule has 0 spiro atoms. The minimum absolute atomic E-state index is 0.0361. The number of rotatable bonds is 2. The first-order chi connectivity index (χ1) is 6.17. The Balaban J connectivity index is 3.24. The number of nitro groups is 1. The van der Waals surface area contributed by atoms with Gasteiger partial charge >= 0.3 is 5.82 Å². The predicted molar refractivity (Wildman–Crippen MR) is 42.2 cm³/mol. The van der Waals surface area contributed by atoms with E-state index >= 15 is 0 Å². The van der Waals surface area contributed by atoms with Crippen LogP contribution in [0.4, 0.5) is 5.82 Å². The first-order valence-electron chi connectivity index (χ1n) is 3.28. The van der Waals surface area contributed by atoms with Crippen LogP contribution in [0.25, 0.3) is 0 Å². The normalized spacial score (nSPS) is 8.92. The van der Waals surface area contributed by atoms with Gasteiger partial charge in [0.1, 0.15) is 11.8 Å². The van der Waals surface area contributed by atoms with Gasteiger partial charge in [-0.3, -0.25) is 0 Å². The molecule has 1 aromatic rings. The van der Waals surface area contributed by atoms with Crippen LogP contribution in [-0.2, 0) is 0 Å². The molecule has 6 nitrogen and oxygen atoms in total. The first-order valence-corrected chi connectivity index (χ1v) is 3.28. The van der Waals surface area contributed by atoms with Gasteiger partial charge in [-0.1, -0.05) is 0 Å². The number of nitrogens with zero attached hydrogens (tertiary/aromatic N) is 3. The Labute approximate surface area is 73.5 Å². The number of methoxy groups -OCH3 is 1. The van der Waals surface area contributed by atoms with E-state index in [9.17, 15) is 10.1 Å². The predicted octanol–water partition coefficient (Wildman–Crippen LogP) is 0.870. The SMILES string of the molecule is COc1cc(C#N)nc([N+](=O)[O-])c1. The fourth-order valence-electron chi connectivity index (χ4n) is 0.760. The Morgan fingerprint density at radius 2 is 2.38 bits per heavy atom. The molecule has 13 heavy (non-hydrogen) atoms. The van der Waals surface area contributed by atoms with Crippen molar-refractivity contribution in [2.45, 2.75) is 0 Å². The monoisotopic (exact) mass is 179 g/mol. The van der Waals surface area contributed by atoms with Crippen LogP contribution in [0, 0.1) is 21.4 Å². The molecule has 0 saturated carbocycles. The Morgan fingerprint density at radius 3 is 2.85 bits per heavy atom. The second kappa shape index (κ2) is 3.49. The molecule has 1 aromatic heterocycles. The molecule has 0 unspecified atom stereocenters. The van der Waals surface area contributed by atoms with Crippen LogP contribution in [0.3, 0.4) is 0 Å². The van der Waals surface area contributed by atoms with E-state index in [2.05, 4.69) is 4.98 Å². The molecule has 0 aliphatic heterocycles. The Hall–Kier alpha value is -2.16. The number of aromatic nitrogens is 1. The van der Waals surface area contributed by atoms with Gasteiger partial charge in [-0.05, 0) is 9.91 Å². The number of nitriles is 1. The Morgan fingerprint density at radius 1 is 1.69 bits per heavy atom. The molecule has 6 heteroatoms. The van der Waals surface area contributed by atoms with Crippen molar-refractivity contribution in [3.8, 4) is 11.8 Å². The zero-order chi connectivity index (χ0) is 9.84. The lowest BCUT2D eigenvalue weighted by Gasteiger charge is -1.97. The molecular weight excluding hydrogens is 174 g/mol. The fraction of sp³-hybridized carbons (Fsp3) is 0.143. The molecule has 0 aliphatic carbocycles. The third-order valence-electron chi connectivity index (χ3n) is 1.32. The molecule has 0 aromatic carbocycles. The third kappa shape index (κ3) is 1.90. The summed E-state index contributed by atoms with van der Waals surface area (Å²) in [6.07, 6.45) is 0. The summed E-state index contributed by atoms with van der Waals surface area (Å²) in [5, 5.41) is 18.8. The van der Waals surface area contributed by atoms with Crippen LogP contribution >= 0.6 is 0 Å². The molecule has 66 valence electrons.